The molecular formula is C11H23N3O3S. The topological polar surface area (TPSA) is 70.7 Å². The van der Waals surface area contributed by atoms with Gasteiger partial charge in [0, 0.05) is 45.9 Å². The van der Waals surface area contributed by atoms with Crippen molar-refractivity contribution in [3.63, 3.8) is 0 Å². The highest BCUT2D eigenvalue weighted by molar-refractivity contribution is 7.90. The average Bonchev–Trinajstić information content (AvgIpc) is 2.41. The van der Waals surface area contributed by atoms with Gasteiger partial charge in [0.05, 0.1) is 11.9 Å². The van der Waals surface area contributed by atoms with E-state index in [9.17, 15) is 8.42 Å². The Hall–Kier alpha value is -0.210. The molecule has 0 radical (unpaired) electrons. The van der Waals surface area contributed by atoms with E-state index in [2.05, 4.69) is 14.9 Å². The lowest BCUT2D eigenvalue weighted by Crippen LogP contribution is -2.47. The van der Waals surface area contributed by atoms with E-state index in [-0.39, 0.29) is 5.25 Å². The van der Waals surface area contributed by atoms with Crippen LogP contribution in [0.4, 0.5) is 0 Å². The first-order chi connectivity index (χ1) is 8.68. The molecule has 0 aromatic carbocycles. The van der Waals surface area contributed by atoms with Gasteiger partial charge in [-0.05, 0) is 12.8 Å². The van der Waals surface area contributed by atoms with Gasteiger partial charge in [0.2, 0.25) is 10.0 Å². The van der Waals surface area contributed by atoms with Crippen molar-refractivity contribution in [1.29, 1.82) is 0 Å². The van der Waals surface area contributed by atoms with Gasteiger partial charge in [-0.2, -0.15) is 0 Å². The molecule has 106 valence electrons. The van der Waals surface area contributed by atoms with Crippen LogP contribution >= 0.6 is 0 Å². The van der Waals surface area contributed by atoms with Crippen molar-refractivity contribution >= 4 is 10.0 Å². The van der Waals surface area contributed by atoms with E-state index in [1.807, 2.05) is 0 Å². The van der Waals surface area contributed by atoms with Gasteiger partial charge in [0.25, 0.3) is 0 Å². The number of nitrogens with one attached hydrogen (secondary N) is 2. The minimum atomic E-state index is -3.20. The fourth-order valence-electron chi connectivity index (χ4n) is 2.35. The summed E-state index contributed by atoms with van der Waals surface area (Å²) in [7, 11) is -3.20. The van der Waals surface area contributed by atoms with Crippen molar-refractivity contribution in [1.82, 2.24) is 14.9 Å². The van der Waals surface area contributed by atoms with Gasteiger partial charge in [-0.1, -0.05) is 0 Å². The second-order valence-electron chi connectivity index (χ2n) is 4.87. The minimum absolute atomic E-state index is 0.336. The third-order valence-corrected chi connectivity index (χ3v) is 5.35. The van der Waals surface area contributed by atoms with E-state index in [0.29, 0.717) is 26.2 Å². The van der Waals surface area contributed by atoms with Gasteiger partial charge >= 0.3 is 0 Å². The first kappa shape index (κ1) is 14.2. The molecule has 0 amide bonds. The van der Waals surface area contributed by atoms with E-state index < -0.39 is 10.0 Å². The van der Waals surface area contributed by atoms with Crippen molar-refractivity contribution in [3.05, 3.63) is 0 Å². The molecule has 6 nitrogen and oxygen atoms in total. The van der Waals surface area contributed by atoms with Crippen LogP contribution in [0.25, 0.3) is 0 Å². The van der Waals surface area contributed by atoms with Crippen molar-refractivity contribution in [2.75, 3.05) is 52.5 Å². The second kappa shape index (κ2) is 6.81. The Morgan fingerprint density at radius 2 is 2.11 bits per heavy atom. The SMILES string of the molecule is O=S(=O)(NCCN1CCNCC1)C1CCCOC1. The molecule has 2 fully saturated rings. The standard InChI is InChI=1S/C11H23N3O3S/c15-18(16,11-2-1-9-17-10-11)13-5-8-14-6-3-12-4-7-14/h11-13H,1-10H2. The molecule has 2 rings (SSSR count). The summed E-state index contributed by atoms with van der Waals surface area (Å²) in [5, 5.41) is 2.91. The molecule has 0 aromatic rings. The summed E-state index contributed by atoms with van der Waals surface area (Å²) in [5.74, 6) is 0. The average molecular weight is 277 g/mol. The van der Waals surface area contributed by atoms with Gasteiger partial charge in [0.15, 0.2) is 0 Å². The van der Waals surface area contributed by atoms with Crippen molar-refractivity contribution < 1.29 is 13.2 Å². The zero-order chi connectivity index (χ0) is 12.8. The highest BCUT2D eigenvalue weighted by Gasteiger charge is 2.27. The summed E-state index contributed by atoms with van der Waals surface area (Å²) in [5.41, 5.74) is 0. The molecule has 0 aromatic heterocycles. The van der Waals surface area contributed by atoms with E-state index in [4.69, 9.17) is 4.74 Å². The number of ether oxygens (including phenoxy) is 1. The maximum absolute atomic E-state index is 12.0. The minimum Gasteiger partial charge on any atom is -0.380 e. The molecule has 2 aliphatic heterocycles. The van der Waals surface area contributed by atoms with Crippen LogP contribution in [0.3, 0.4) is 0 Å². The predicted molar refractivity (Wildman–Crippen MR) is 70.1 cm³/mol. The van der Waals surface area contributed by atoms with Gasteiger partial charge < -0.3 is 10.1 Å². The molecular weight excluding hydrogens is 254 g/mol. The summed E-state index contributed by atoms with van der Waals surface area (Å²) in [4.78, 5) is 2.27. The molecule has 0 bridgehead atoms. The lowest BCUT2D eigenvalue weighted by molar-refractivity contribution is 0.0988. The fourth-order valence-corrected chi connectivity index (χ4v) is 3.72. The van der Waals surface area contributed by atoms with E-state index in [1.54, 1.807) is 0 Å². The van der Waals surface area contributed by atoms with Crippen molar-refractivity contribution in [3.8, 4) is 0 Å². The molecule has 2 aliphatic rings. The quantitative estimate of drug-likeness (QED) is 0.674. The largest absolute Gasteiger partial charge is 0.380 e. The Labute approximate surface area is 109 Å². The Kier molecular flexibility index (Phi) is 5.38. The number of hydrogen-bond acceptors (Lipinski definition) is 5. The van der Waals surface area contributed by atoms with Crippen molar-refractivity contribution in [2.45, 2.75) is 18.1 Å². The number of piperazine rings is 1. The van der Waals surface area contributed by atoms with E-state index >= 15 is 0 Å². The second-order valence-corrected chi connectivity index (χ2v) is 6.92. The van der Waals surface area contributed by atoms with Gasteiger partial charge in [-0.3, -0.25) is 4.90 Å². The number of nitrogens with zero attached hydrogens (tertiary/aromatic N) is 1. The maximum atomic E-state index is 12.0. The Morgan fingerprint density at radius 3 is 2.78 bits per heavy atom. The van der Waals surface area contributed by atoms with Crippen LogP contribution in [0, 0.1) is 0 Å². The first-order valence-electron chi connectivity index (χ1n) is 6.68. The van der Waals surface area contributed by atoms with Crippen LogP contribution in [-0.2, 0) is 14.8 Å². The number of sulfonamides is 1. The molecule has 0 saturated carbocycles. The summed E-state index contributed by atoms with van der Waals surface area (Å²) < 4.78 is 31.9. The molecule has 1 unspecified atom stereocenters. The molecule has 18 heavy (non-hydrogen) atoms. The fraction of sp³-hybridized carbons (Fsp3) is 1.00. The summed E-state index contributed by atoms with van der Waals surface area (Å²) in [6, 6.07) is 0. The smallest absolute Gasteiger partial charge is 0.216 e. The lowest BCUT2D eigenvalue weighted by Gasteiger charge is -2.28. The predicted octanol–water partition coefficient (Wildman–Crippen LogP) is -1.01. The van der Waals surface area contributed by atoms with Crippen molar-refractivity contribution in [2.24, 2.45) is 0 Å². The third-order valence-electron chi connectivity index (χ3n) is 3.50. The summed E-state index contributed by atoms with van der Waals surface area (Å²) in [6.45, 7) is 6.28. The highest BCUT2D eigenvalue weighted by atomic mass is 32.2. The number of hydrogen-bond donors (Lipinski definition) is 2. The highest BCUT2D eigenvalue weighted by Crippen LogP contribution is 2.13. The molecule has 0 aliphatic carbocycles. The molecule has 2 saturated heterocycles. The van der Waals surface area contributed by atoms with Crippen LogP contribution < -0.4 is 10.0 Å². The maximum Gasteiger partial charge on any atom is 0.216 e. The van der Waals surface area contributed by atoms with Crippen LogP contribution in [0.15, 0.2) is 0 Å². The first-order valence-corrected chi connectivity index (χ1v) is 8.22. The zero-order valence-corrected chi connectivity index (χ0v) is 11.5. The van der Waals surface area contributed by atoms with E-state index in [1.165, 1.54) is 0 Å². The monoisotopic (exact) mass is 277 g/mol. The third kappa shape index (κ3) is 4.17. The van der Waals surface area contributed by atoms with Gasteiger partial charge in [0.1, 0.15) is 0 Å². The Balaban J connectivity index is 1.70. The molecule has 7 heteroatoms. The number of rotatable bonds is 5. The Bertz CT molecular complexity index is 335. The van der Waals surface area contributed by atoms with Crippen LogP contribution in [0.5, 0.6) is 0 Å². The zero-order valence-electron chi connectivity index (χ0n) is 10.7. The molecule has 0 spiro atoms. The lowest BCUT2D eigenvalue weighted by atomic mass is 10.2. The molecule has 2 N–H and O–H groups in total. The summed E-state index contributed by atoms with van der Waals surface area (Å²) >= 11 is 0. The van der Waals surface area contributed by atoms with Gasteiger partial charge in [-0.25, -0.2) is 13.1 Å². The van der Waals surface area contributed by atoms with Crippen LogP contribution in [0.2, 0.25) is 0 Å². The van der Waals surface area contributed by atoms with Crippen LogP contribution in [-0.4, -0.2) is 71.0 Å². The Morgan fingerprint density at radius 1 is 1.33 bits per heavy atom. The van der Waals surface area contributed by atoms with Crippen LogP contribution in [0.1, 0.15) is 12.8 Å². The molecule has 1 atom stereocenters. The van der Waals surface area contributed by atoms with E-state index in [0.717, 1.165) is 39.1 Å². The molecule has 2 heterocycles. The van der Waals surface area contributed by atoms with Gasteiger partial charge in [-0.15, -0.1) is 0 Å². The normalized spacial score (nSPS) is 27.2. The summed E-state index contributed by atoms with van der Waals surface area (Å²) in [6.07, 6.45) is 1.55.